The fraction of sp³-hybridized carbons (Fsp3) is 0.429. The van der Waals surface area contributed by atoms with Gasteiger partial charge in [0.15, 0.2) is 0 Å². The molecule has 1 spiro atoms. The Bertz CT molecular complexity index is 870. The zero-order chi connectivity index (χ0) is 20.4. The number of carbonyl (C=O) groups excluding carboxylic acids is 2. The number of amides is 2. The van der Waals surface area contributed by atoms with Gasteiger partial charge < -0.3 is 19.3 Å². The van der Waals surface area contributed by atoms with Gasteiger partial charge in [-0.25, -0.2) is 0 Å². The van der Waals surface area contributed by atoms with E-state index in [4.69, 9.17) is 9.47 Å². The van der Waals surface area contributed by atoms with Crippen LogP contribution in [0.15, 0.2) is 35.7 Å². The largest absolute Gasteiger partial charge is 0.497 e. The summed E-state index contributed by atoms with van der Waals surface area (Å²) in [5.74, 6) is 2.19. The van der Waals surface area contributed by atoms with Gasteiger partial charge in [-0.1, -0.05) is 6.07 Å². The predicted molar refractivity (Wildman–Crippen MR) is 115 cm³/mol. The molecule has 2 fully saturated rings. The SMILES string of the molecule is COc1cc(OC)cc(C(=O)N2CCSC23CCN(C(=O)c2cccs2)CC3)c1. The Morgan fingerprint density at radius 1 is 1.00 bits per heavy atom. The summed E-state index contributed by atoms with van der Waals surface area (Å²) in [7, 11) is 3.16. The normalized spacial score (nSPS) is 18.1. The van der Waals surface area contributed by atoms with Gasteiger partial charge in [0.2, 0.25) is 0 Å². The predicted octanol–water partition coefficient (Wildman–Crippen LogP) is 3.59. The van der Waals surface area contributed by atoms with Crippen LogP contribution in [0.5, 0.6) is 11.5 Å². The minimum Gasteiger partial charge on any atom is -0.497 e. The molecule has 8 heteroatoms. The van der Waals surface area contributed by atoms with Crippen LogP contribution in [0.3, 0.4) is 0 Å². The third-order valence-electron chi connectivity index (χ3n) is 5.58. The summed E-state index contributed by atoms with van der Waals surface area (Å²) in [5, 5.41) is 1.92. The van der Waals surface area contributed by atoms with Crippen LogP contribution in [0, 0.1) is 0 Å². The molecule has 154 valence electrons. The average Bonchev–Trinajstić information content (AvgIpc) is 3.43. The molecule has 4 rings (SSSR count). The molecule has 0 bridgehead atoms. The Morgan fingerprint density at radius 2 is 1.69 bits per heavy atom. The van der Waals surface area contributed by atoms with Gasteiger partial charge in [0.1, 0.15) is 11.5 Å². The summed E-state index contributed by atoms with van der Waals surface area (Å²) < 4.78 is 10.6. The molecule has 2 amide bonds. The maximum absolute atomic E-state index is 13.4. The highest BCUT2D eigenvalue weighted by molar-refractivity contribution is 8.00. The van der Waals surface area contributed by atoms with Crippen molar-refractivity contribution in [2.75, 3.05) is 39.6 Å². The van der Waals surface area contributed by atoms with Gasteiger partial charge in [-0.15, -0.1) is 23.1 Å². The van der Waals surface area contributed by atoms with Crippen LogP contribution in [-0.4, -0.2) is 66.1 Å². The number of hydrogen-bond acceptors (Lipinski definition) is 6. The Labute approximate surface area is 178 Å². The lowest BCUT2D eigenvalue weighted by Gasteiger charge is -2.44. The van der Waals surface area contributed by atoms with E-state index in [1.54, 1.807) is 32.4 Å². The molecule has 0 aliphatic carbocycles. The molecule has 2 saturated heterocycles. The molecular formula is C21H24N2O4S2. The minimum atomic E-state index is -0.250. The number of thioether (sulfide) groups is 1. The molecule has 6 nitrogen and oxygen atoms in total. The van der Waals surface area contributed by atoms with Crippen LogP contribution in [0.1, 0.15) is 32.9 Å². The number of methoxy groups -OCH3 is 2. The Balaban J connectivity index is 1.51. The fourth-order valence-electron chi connectivity index (χ4n) is 4.01. The first-order valence-electron chi connectivity index (χ1n) is 9.58. The van der Waals surface area contributed by atoms with Gasteiger partial charge in [0.05, 0.1) is 24.0 Å². The summed E-state index contributed by atoms with van der Waals surface area (Å²) in [4.78, 5) is 30.5. The van der Waals surface area contributed by atoms with E-state index in [0.29, 0.717) is 36.7 Å². The van der Waals surface area contributed by atoms with Crippen molar-refractivity contribution in [1.29, 1.82) is 0 Å². The van der Waals surface area contributed by atoms with E-state index in [-0.39, 0.29) is 16.7 Å². The van der Waals surface area contributed by atoms with E-state index < -0.39 is 0 Å². The number of carbonyl (C=O) groups is 2. The van der Waals surface area contributed by atoms with Crippen molar-refractivity contribution < 1.29 is 19.1 Å². The molecule has 1 aromatic carbocycles. The number of likely N-dealkylation sites (tertiary alicyclic amines) is 1. The standard InChI is InChI=1S/C21H24N2O4S2/c1-26-16-12-15(13-17(14-16)27-2)19(24)23-9-11-29-21(23)5-7-22(8-6-21)20(25)18-4-3-10-28-18/h3-4,10,12-14H,5-9,11H2,1-2H3. The molecule has 2 aliphatic heterocycles. The molecule has 29 heavy (non-hydrogen) atoms. The highest BCUT2D eigenvalue weighted by Crippen LogP contribution is 2.45. The molecule has 2 aromatic rings. The quantitative estimate of drug-likeness (QED) is 0.739. The first-order valence-corrected chi connectivity index (χ1v) is 11.4. The number of rotatable bonds is 4. The van der Waals surface area contributed by atoms with Gasteiger partial charge >= 0.3 is 0 Å². The molecule has 0 saturated carbocycles. The Morgan fingerprint density at radius 3 is 2.28 bits per heavy atom. The van der Waals surface area contributed by atoms with Crippen LogP contribution >= 0.6 is 23.1 Å². The molecule has 0 N–H and O–H groups in total. The number of ether oxygens (including phenoxy) is 2. The van der Waals surface area contributed by atoms with E-state index in [2.05, 4.69) is 0 Å². The molecule has 0 radical (unpaired) electrons. The minimum absolute atomic E-state index is 0.00904. The molecule has 3 heterocycles. The first-order chi connectivity index (χ1) is 14.1. The smallest absolute Gasteiger partial charge is 0.263 e. The summed E-state index contributed by atoms with van der Waals surface area (Å²) in [6.07, 6.45) is 1.56. The van der Waals surface area contributed by atoms with E-state index >= 15 is 0 Å². The van der Waals surface area contributed by atoms with Crippen molar-refractivity contribution in [2.24, 2.45) is 0 Å². The fourth-order valence-corrected chi connectivity index (χ4v) is 6.16. The summed E-state index contributed by atoms with van der Waals surface area (Å²) in [6, 6.07) is 9.06. The van der Waals surface area contributed by atoms with Gasteiger partial charge in [-0.05, 0) is 36.4 Å². The lowest BCUT2D eigenvalue weighted by atomic mass is 10.0. The second kappa shape index (κ2) is 8.28. The van der Waals surface area contributed by atoms with E-state index in [1.165, 1.54) is 11.3 Å². The molecule has 1 aromatic heterocycles. The number of piperidine rings is 1. The van der Waals surface area contributed by atoms with Crippen molar-refractivity contribution in [1.82, 2.24) is 9.80 Å². The van der Waals surface area contributed by atoms with E-state index in [1.807, 2.05) is 39.1 Å². The van der Waals surface area contributed by atoms with Crippen molar-refractivity contribution in [2.45, 2.75) is 17.7 Å². The van der Waals surface area contributed by atoms with Gasteiger partial charge in [-0.3, -0.25) is 9.59 Å². The number of thiophene rings is 1. The van der Waals surface area contributed by atoms with Crippen LogP contribution in [-0.2, 0) is 0 Å². The first kappa shape index (κ1) is 20.1. The van der Waals surface area contributed by atoms with Crippen molar-refractivity contribution in [3.8, 4) is 11.5 Å². The van der Waals surface area contributed by atoms with Crippen LogP contribution < -0.4 is 9.47 Å². The molecule has 0 atom stereocenters. The van der Waals surface area contributed by atoms with E-state index in [9.17, 15) is 9.59 Å². The maximum Gasteiger partial charge on any atom is 0.263 e. The van der Waals surface area contributed by atoms with Crippen LogP contribution in [0.4, 0.5) is 0 Å². The Hall–Kier alpha value is -2.19. The second-order valence-corrected chi connectivity index (χ2v) is 9.53. The molecule has 0 unspecified atom stereocenters. The second-order valence-electron chi connectivity index (χ2n) is 7.12. The van der Waals surface area contributed by atoms with Gasteiger partial charge in [0, 0.05) is 37.0 Å². The number of hydrogen-bond donors (Lipinski definition) is 0. The number of benzene rings is 1. The summed E-state index contributed by atoms with van der Waals surface area (Å²) in [5.41, 5.74) is 0.570. The third-order valence-corrected chi connectivity index (χ3v) is 8.00. The lowest BCUT2D eigenvalue weighted by molar-refractivity contribution is 0.0499. The van der Waals surface area contributed by atoms with Crippen LogP contribution in [0.25, 0.3) is 0 Å². The number of nitrogens with zero attached hydrogens (tertiary/aromatic N) is 2. The zero-order valence-electron chi connectivity index (χ0n) is 16.6. The monoisotopic (exact) mass is 432 g/mol. The Kier molecular flexibility index (Phi) is 5.74. The maximum atomic E-state index is 13.4. The molecule has 2 aliphatic rings. The van der Waals surface area contributed by atoms with E-state index in [0.717, 1.165) is 23.5 Å². The highest BCUT2D eigenvalue weighted by Gasteiger charge is 2.47. The average molecular weight is 433 g/mol. The molecular weight excluding hydrogens is 408 g/mol. The van der Waals surface area contributed by atoms with Crippen molar-refractivity contribution >= 4 is 34.9 Å². The summed E-state index contributed by atoms with van der Waals surface area (Å²) in [6.45, 7) is 2.03. The lowest BCUT2D eigenvalue weighted by Crippen LogP contribution is -2.53. The van der Waals surface area contributed by atoms with Gasteiger partial charge in [-0.2, -0.15) is 0 Å². The highest BCUT2D eigenvalue weighted by atomic mass is 32.2. The topological polar surface area (TPSA) is 59.1 Å². The summed E-state index contributed by atoms with van der Waals surface area (Å²) >= 11 is 3.31. The van der Waals surface area contributed by atoms with Crippen LogP contribution in [0.2, 0.25) is 0 Å². The third kappa shape index (κ3) is 3.83. The zero-order valence-corrected chi connectivity index (χ0v) is 18.2. The van der Waals surface area contributed by atoms with Crippen molar-refractivity contribution in [3.63, 3.8) is 0 Å². The van der Waals surface area contributed by atoms with Gasteiger partial charge in [0.25, 0.3) is 11.8 Å². The van der Waals surface area contributed by atoms with Crippen molar-refractivity contribution in [3.05, 3.63) is 46.2 Å².